The molecule has 8 heteroatoms. The van der Waals surface area contributed by atoms with E-state index >= 15 is 0 Å². The van der Waals surface area contributed by atoms with Crippen LogP contribution < -0.4 is 9.50 Å². The van der Waals surface area contributed by atoms with E-state index in [1.807, 2.05) is 17.9 Å². The predicted molar refractivity (Wildman–Crippen MR) is 123 cm³/mol. The highest BCUT2D eigenvalue weighted by molar-refractivity contribution is 7.87. The van der Waals surface area contributed by atoms with Crippen molar-refractivity contribution in [2.45, 2.75) is 63.9 Å². The fourth-order valence-electron chi connectivity index (χ4n) is 3.54. The number of benzene rings is 2. The van der Waals surface area contributed by atoms with Crippen LogP contribution in [0.15, 0.2) is 53.4 Å². The summed E-state index contributed by atoms with van der Waals surface area (Å²) in [5.74, 6) is 0.220. The molecule has 1 fully saturated rings. The Kier molecular flexibility index (Phi) is 7.56. The Labute approximate surface area is 189 Å². The lowest BCUT2D eigenvalue weighted by atomic mass is 9.84. The molecular weight excluding hydrogens is 428 g/mol. The van der Waals surface area contributed by atoms with Gasteiger partial charge >= 0.3 is 10.1 Å². The molecule has 1 saturated carbocycles. The van der Waals surface area contributed by atoms with E-state index in [9.17, 15) is 18.0 Å². The fraction of sp³-hybridized carbons (Fsp3) is 0.417. The third kappa shape index (κ3) is 5.88. The van der Waals surface area contributed by atoms with Gasteiger partial charge in [0.1, 0.15) is 10.6 Å². The van der Waals surface area contributed by atoms with E-state index in [4.69, 9.17) is 4.18 Å². The standard InChI is InChI=1S/C24H30N2O5S/c1-4-17(2)26(24(28)20-8-6-9-20)16-19-7-5-10-22(15-19)31-32(29,30)23-13-11-21(12-14-23)25-18(3)27/h5,7,10-15,17,20H,4,6,8-9,16H2,1-3H3,(H,25,27)/t17-/m1/s1. The topological polar surface area (TPSA) is 92.8 Å². The van der Waals surface area contributed by atoms with E-state index in [-0.39, 0.29) is 34.4 Å². The number of amides is 2. The van der Waals surface area contributed by atoms with Gasteiger partial charge in [0.25, 0.3) is 0 Å². The summed E-state index contributed by atoms with van der Waals surface area (Å²) >= 11 is 0. The van der Waals surface area contributed by atoms with Gasteiger partial charge in [0.2, 0.25) is 11.8 Å². The lowest BCUT2D eigenvalue weighted by Gasteiger charge is -2.35. The van der Waals surface area contributed by atoms with Crippen molar-refractivity contribution in [3.05, 3.63) is 54.1 Å². The van der Waals surface area contributed by atoms with Gasteiger partial charge in [0.15, 0.2) is 0 Å². The molecular formula is C24H30N2O5S. The number of rotatable bonds is 9. The molecule has 0 heterocycles. The van der Waals surface area contributed by atoms with Crippen molar-refractivity contribution in [3.8, 4) is 5.75 Å². The van der Waals surface area contributed by atoms with Crippen molar-refractivity contribution < 1.29 is 22.2 Å². The molecule has 0 bridgehead atoms. The maximum atomic E-state index is 12.9. The zero-order chi connectivity index (χ0) is 23.3. The molecule has 2 amide bonds. The maximum Gasteiger partial charge on any atom is 0.339 e. The van der Waals surface area contributed by atoms with Gasteiger partial charge in [-0.2, -0.15) is 8.42 Å². The van der Waals surface area contributed by atoms with E-state index in [2.05, 4.69) is 12.2 Å². The van der Waals surface area contributed by atoms with Crippen LogP contribution in [0.25, 0.3) is 0 Å². The summed E-state index contributed by atoms with van der Waals surface area (Å²) in [6, 6.07) is 12.7. The van der Waals surface area contributed by atoms with Crippen LogP contribution in [0.5, 0.6) is 5.75 Å². The predicted octanol–water partition coefficient (Wildman–Crippen LogP) is 4.34. The highest BCUT2D eigenvalue weighted by atomic mass is 32.2. The van der Waals surface area contributed by atoms with Crippen molar-refractivity contribution in [2.24, 2.45) is 5.92 Å². The molecule has 0 unspecified atom stereocenters. The van der Waals surface area contributed by atoms with E-state index in [1.54, 1.807) is 18.2 Å². The largest absolute Gasteiger partial charge is 0.379 e. The highest BCUT2D eigenvalue weighted by Gasteiger charge is 2.31. The van der Waals surface area contributed by atoms with Gasteiger partial charge in [0.05, 0.1) is 0 Å². The van der Waals surface area contributed by atoms with Crippen LogP contribution in [0.3, 0.4) is 0 Å². The van der Waals surface area contributed by atoms with Crippen molar-refractivity contribution in [3.63, 3.8) is 0 Å². The second-order valence-electron chi connectivity index (χ2n) is 8.24. The molecule has 0 aromatic heterocycles. The number of nitrogens with one attached hydrogen (secondary N) is 1. The summed E-state index contributed by atoms with van der Waals surface area (Å²) in [7, 11) is -4.04. The smallest absolute Gasteiger partial charge is 0.339 e. The first-order valence-corrected chi connectivity index (χ1v) is 12.3. The number of hydrogen-bond acceptors (Lipinski definition) is 5. The van der Waals surface area contributed by atoms with Gasteiger partial charge in [-0.25, -0.2) is 0 Å². The van der Waals surface area contributed by atoms with Crippen molar-refractivity contribution in [1.29, 1.82) is 0 Å². The van der Waals surface area contributed by atoms with Gasteiger partial charge in [-0.05, 0) is 68.1 Å². The molecule has 172 valence electrons. The molecule has 0 aliphatic heterocycles. The molecule has 2 aromatic rings. The second-order valence-corrected chi connectivity index (χ2v) is 9.79. The molecule has 1 aliphatic carbocycles. The van der Waals surface area contributed by atoms with Gasteiger partial charge in [-0.1, -0.05) is 25.5 Å². The minimum absolute atomic E-state index is 0.0154. The minimum Gasteiger partial charge on any atom is -0.379 e. The molecule has 2 aromatic carbocycles. The number of anilines is 1. The Morgan fingerprint density at radius 3 is 2.41 bits per heavy atom. The normalized spacial score (nSPS) is 14.8. The van der Waals surface area contributed by atoms with E-state index in [0.29, 0.717) is 12.2 Å². The molecule has 32 heavy (non-hydrogen) atoms. The average Bonchev–Trinajstić information content (AvgIpc) is 2.70. The molecule has 3 rings (SSSR count). The third-order valence-electron chi connectivity index (χ3n) is 5.78. The number of nitrogens with zero attached hydrogens (tertiary/aromatic N) is 1. The summed E-state index contributed by atoms with van der Waals surface area (Å²) in [6.07, 6.45) is 3.82. The number of hydrogen-bond donors (Lipinski definition) is 1. The van der Waals surface area contributed by atoms with Crippen molar-refractivity contribution in [2.75, 3.05) is 5.32 Å². The van der Waals surface area contributed by atoms with E-state index in [0.717, 1.165) is 31.2 Å². The molecule has 1 aliphatic rings. The number of carbonyl (C=O) groups is 2. The van der Waals surface area contributed by atoms with Crippen molar-refractivity contribution >= 4 is 27.6 Å². The average molecular weight is 459 g/mol. The molecule has 7 nitrogen and oxygen atoms in total. The van der Waals surface area contributed by atoms with Gasteiger partial charge in [-0.3, -0.25) is 9.59 Å². The minimum atomic E-state index is -4.04. The van der Waals surface area contributed by atoms with Gasteiger partial charge in [-0.15, -0.1) is 0 Å². The molecule has 0 saturated heterocycles. The fourth-order valence-corrected chi connectivity index (χ4v) is 4.46. The van der Waals surface area contributed by atoms with Crippen LogP contribution in [0.2, 0.25) is 0 Å². The maximum absolute atomic E-state index is 12.9. The second kappa shape index (κ2) is 10.2. The Balaban J connectivity index is 1.74. The lowest BCUT2D eigenvalue weighted by Crippen LogP contribution is -2.43. The zero-order valence-electron chi connectivity index (χ0n) is 18.7. The Hall–Kier alpha value is -2.87. The Bertz CT molecular complexity index is 1060. The first kappa shape index (κ1) is 23.8. The van der Waals surface area contributed by atoms with E-state index in [1.165, 1.54) is 31.2 Å². The third-order valence-corrected chi connectivity index (χ3v) is 7.04. The van der Waals surface area contributed by atoms with E-state index < -0.39 is 10.1 Å². The quantitative estimate of drug-likeness (QED) is 0.564. The summed E-state index contributed by atoms with van der Waals surface area (Å²) in [6.45, 7) is 5.87. The summed E-state index contributed by atoms with van der Waals surface area (Å²) in [4.78, 5) is 25.9. The van der Waals surface area contributed by atoms with Crippen LogP contribution in [0.4, 0.5) is 5.69 Å². The SMILES string of the molecule is CC[C@@H](C)N(Cc1cccc(OS(=O)(=O)c2ccc(NC(C)=O)cc2)c1)C(=O)C1CCC1. The van der Waals surface area contributed by atoms with Crippen LogP contribution >= 0.6 is 0 Å². The number of carbonyl (C=O) groups excluding carboxylic acids is 2. The van der Waals surface area contributed by atoms with Crippen LogP contribution in [0, 0.1) is 5.92 Å². The molecule has 0 radical (unpaired) electrons. The van der Waals surface area contributed by atoms with Crippen LogP contribution in [-0.4, -0.2) is 31.2 Å². The van der Waals surface area contributed by atoms with Crippen LogP contribution in [-0.2, 0) is 26.3 Å². The first-order chi connectivity index (χ1) is 15.2. The first-order valence-electron chi connectivity index (χ1n) is 10.9. The zero-order valence-corrected chi connectivity index (χ0v) is 19.5. The van der Waals surface area contributed by atoms with Gasteiger partial charge in [0, 0.05) is 31.1 Å². The van der Waals surface area contributed by atoms with Crippen molar-refractivity contribution in [1.82, 2.24) is 4.90 Å². The molecule has 0 spiro atoms. The summed E-state index contributed by atoms with van der Waals surface area (Å²) < 4.78 is 30.7. The Morgan fingerprint density at radius 1 is 1.16 bits per heavy atom. The highest BCUT2D eigenvalue weighted by Crippen LogP contribution is 2.30. The summed E-state index contributed by atoms with van der Waals surface area (Å²) in [5, 5.41) is 2.59. The summed E-state index contributed by atoms with van der Waals surface area (Å²) in [5.41, 5.74) is 1.31. The molecule has 1 atom stereocenters. The lowest BCUT2D eigenvalue weighted by molar-refractivity contribution is -0.141. The molecule has 1 N–H and O–H groups in total. The van der Waals surface area contributed by atoms with Crippen LogP contribution in [0.1, 0.15) is 52.0 Å². The Morgan fingerprint density at radius 2 is 1.84 bits per heavy atom. The monoisotopic (exact) mass is 458 g/mol. The van der Waals surface area contributed by atoms with Gasteiger partial charge < -0.3 is 14.4 Å².